The summed E-state index contributed by atoms with van der Waals surface area (Å²) in [6, 6.07) is 10.8. The number of nitriles is 1. The van der Waals surface area contributed by atoms with Gasteiger partial charge in [0, 0.05) is 44.7 Å². The first-order valence-electron chi connectivity index (χ1n) is 23.3. The zero-order valence-corrected chi connectivity index (χ0v) is 39.8. The first-order valence-corrected chi connectivity index (χ1v) is 26.4. The lowest BCUT2D eigenvalue weighted by atomic mass is 10.0. The van der Waals surface area contributed by atoms with Gasteiger partial charge in [-0.05, 0) is 118 Å². The molecule has 2 saturated heterocycles. The Morgan fingerprint density at radius 1 is 0.714 bits per heavy atom. The zero-order valence-electron chi connectivity index (χ0n) is 38.1. The molecule has 24 heteroatoms. The van der Waals surface area contributed by atoms with Gasteiger partial charge in [0.2, 0.25) is 11.8 Å². The summed E-state index contributed by atoms with van der Waals surface area (Å²) in [4.78, 5) is 33.0. The number of hydrogen-bond acceptors (Lipinski definition) is 13. The normalized spacial score (nSPS) is 27.0. The average molecular weight is 1030 g/mol. The van der Waals surface area contributed by atoms with Gasteiger partial charge in [0.15, 0.2) is 25.2 Å². The second-order valence-electron chi connectivity index (χ2n) is 19.4. The standard InChI is InChI=1S/C46H54F6N6O10S2/c1-67-37-22-31(69(63,64)39-4-2-27(18-35(39)45(47,48)49)57-14-6-29(59)7-15-57)20-33(37)41(61)56-44(12-13-44)25-54-26-68-38-23-32(21-34(38)42(62)55-43(24-53)10-11-43)70(65,66)40-5-3-28(19-36(40)46(50,51)52)58-16-8-30(60)9-17-58/h2-5,18-19,29-34,37-38,59-60H,6-17,20-23,26H2,1H3,(H-,55,56,61,62)/p+1/t31-,32?,33-,34?,37?,38+/m1/s1. The predicted octanol–water partition coefficient (Wildman–Crippen LogP) is 4.96. The van der Waals surface area contributed by atoms with Crippen molar-refractivity contribution in [1.29, 1.82) is 5.26 Å². The van der Waals surface area contributed by atoms with Crippen LogP contribution in [-0.2, 0) is 51.1 Å². The minimum absolute atomic E-state index is 0.142. The molecule has 2 aromatic carbocycles. The molecule has 382 valence electrons. The number of benzene rings is 2. The minimum Gasteiger partial charge on any atom is -0.393 e. The van der Waals surface area contributed by atoms with Crippen molar-refractivity contribution in [2.45, 2.75) is 145 Å². The van der Waals surface area contributed by atoms with Gasteiger partial charge in [-0.1, -0.05) is 0 Å². The van der Waals surface area contributed by atoms with Gasteiger partial charge in [-0.15, -0.1) is 0 Å². The monoisotopic (exact) mass is 1030 g/mol. The maximum Gasteiger partial charge on any atom is 0.417 e. The lowest BCUT2D eigenvalue weighted by Crippen LogP contribution is -2.42. The Hall–Kier alpha value is -4.72. The summed E-state index contributed by atoms with van der Waals surface area (Å²) in [6.45, 7) is 0.581. The number of aliphatic hydroxyl groups is 2. The summed E-state index contributed by atoms with van der Waals surface area (Å²) in [5.74, 6) is -3.68. The third-order valence-corrected chi connectivity index (χ3v) is 19.1. The Labute approximate surface area is 401 Å². The largest absolute Gasteiger partial charge is 0.417 e. The molecule has 16 nitrogen and oxygen atoms in total. The van der Waals surface area contributed by atoms with E-state index in [0.717, 1.165) is 24.3 Å². The molecule has 4 aliphatic carbocycles. The average Bonchev–Trinajstić information content (AvgIpc) is 4.16. The number of piperidine rings is 2. The van der Waals surface area contributed by atoms with Crippen molar-refractivity contribution < 1.29 is 72.5 Å². The Morgan fingerprint density at radius 2 is 1.13 bits per heavy atom. The van der Waals surface area contributed by atoms with E-state index in [1.165, 1.54) is 19.2 Å². The second-order valence-corrected chi connectivity index (χ2v) is 23.8. The fourth-order valence-electron chi connectivity index (χ4n) is 10.1. The first kappa shape index (κ1) is 51.6. The van der Waals surface area contributed by atoms with E-state index in [-0.39, 0.29) is 50.4 Å². The summed E-state index contributed by atoms with van der Waals surface area (Å²) >= 11 is 0. The van der Waals surface area contributed by atoms with Gasteiger partial charge < -0.3 is 40.1 Å². The molecule has 8 rings (SSSR count). The lowest BCUT2D eigenvalue weighted by molar-refractivity contribution is -0.140. The molecule has 6 fully saturated rings. The zero-order chi connectivity index (χ0) is 50.6. The lowest BCUT2D eigenvalue weighted by Gasteiger charge is -2.32. The van der Waals surface area contributed by atoms with Crippen LogP contribution in [0.4, 0.5) is 37.7 Å². The van der Waals surface area contributed by atoms with Gasteiger partial charge in [-0.25, -0.2) is 16.8 Å². The molecule has 3 unspecified atom stereocenters. The van der Waals surface area contributed by atoms with Gasteiger partial charge in [-0.3, -0.25) is 9.59 Å². The number of hydrogen-bond donors (Lipinski definition) is 4. The number of halogens is 6. The SMILES string of the molecule is COC1C[C@H](S(=O)(=O)c2ccc(N3CCC(O)CC3)cc2C(F)(F)F)C[C@H]1C(=O)NC1(C#[N+]CO[C@H]2CC(S(=O)(=O)c3ccc(N4CCC(O)CC4)cc3C(F)(F)F)CC2C(=O)NC2(C#N)CC2)CC1. The first-order chi connectivity index (χ1) is 32.9. The number of carbonyl (C=O) groups excluding carboxylic acids is 2. The molecule has 2 aromatic rings. The van der Waals surface area contributed by atoms with Crippen LogP contribution in [0.5, 0.6) is 0 Å². The van der Waals surface area contributed by atoms with Gasteiger partial charge in [-0.2, -0.15) is 31.6 Å². The molecule has 6 atom stereocenters. The van der Waals surface area contributed by atoms with E-state index in [0.29, 0.717) is 51.4 Å². The van der Waals surface area contributed by atoms with E-state index in [1.54, 1.807) is 9.80 Å². The van der Waals surface area contributed by atoms with Crippen LogP contribution < -0.4 is 20.4 Å². The van der Waals surface area contributed by atoms with Gasteiger partial charge in [0.25, 0.3) is 0 Å². The number of anilines is 2. The highest BCUT2D eigenvalue weighted by Gasteiger charge is 2.55. The predicted molar refractivity (Wildman–Crippen MR) is 239 cm³/mol. The molecule has 0 aromatic heterocycles. The molecule has 0 bridgehead atoms. The van der Waals surface area contributed by atoms with Crippen LogP contribution >= 0.6 is 0 Å². The molecule has 2 heterocycles. The van der Waals surface area contributed by atoms with E-state index in [9.17, 15) is 68.2 Å². The quantitative estimate of drug-likeness (QED) is 0.195. The highest BCUT2D eigenvalue weighted by Crippen LogP contribution is 2.46. The number of sulfone groups is 2. The van der Waals surface area contributed by atoms with Crippen LogP contribution in [0.1, 0.15) is 88.2 Å². The highest BCUT2D eigenvalue weighted by atomic mass is 32.2. The molecule has 4 N–H and O–H groups in total. The minimum atomic E-state index is -5.07. The number of aliphatic hydroxyl groups excluding tert-OH is 2. The number of alkyl halides is 6. The van der Waals surface area contributed by atoms with Crippen LogP contribution in [0, 0.1) is 29.2 Å². The Morgan fingerprint density at radius 3 is 1.53 bits per heavy atom. The number of nitrogens with zero attached hydrogens (tertiary/aromatic N) is 4. The number of amides is 2. The number of rotatable bonds is 13. The van der Waals surface area contributed by atoms with Crippen molar-refractivity contribution in [3.05, 3.63) is 52.4 Å². The van der Waals surface area contributed by atoms with Crippen LogP contribution in [0.15, 0.2) is 46.2 Å². The fourth-order valence-corrected chi connectivity index (χ4v) is 14.1. The van der Waals surface area contributed by atoms with E-state index in [2.05, 4.69) is 21.5 Å². The van der Waals surface area contributed by atoms with Gasteiger partial charge >= 0.3 is 25.2 Å². The van der Waals surface area contributed by atoms with Gasteiger partial charge in [0.1, 0.15) is 5.54 Å². The maximum atomic E-state index is 14.6. The van der Waals surface area contributed by atoms with Crippen LogP contribution in [-0.4, -0.2) is 125 Å². The number of methoxy groups -OCH3 is 1. The highest BCUT2D eigenvalue weighted by molar-refractivity contribution is 7.92. The van der Waals surface area contributed by atoms with E-state index in [1.807, 2.05) is 6.07 Å². The molecule has 2 amide bonds. The molecular formula is C46H55F6N6O10S2+. The Kier molecular flexibility index (Phi) is 14.3. The fraction of sp³-hybridized carbons (Fsp3) is 0.652. The molecule has 2 aliphatic heterocycles. The molecule has 70 heavy (non-hydrogen) atoms. The molecule has 6 aliphatic rings. The Bertz CT molecular complexity index is 2670. The van der Waals surface area contributed by atoms with Crippen molar-refractivity contribution in [1.82, 2.24) is 10.6 Å². The summed E-state index contributed by atoms with van der Waals surface area (Å²) < 4.78 is 155. The summed E-state index contributed by atoms with van der Waals surface area (Å²) in [5.41, 5.74) is -4.72. The van der Waals surface area contributed by atoms with E-state index >= 15 is 0 Å². The third-order valence-electron chi connectivity index (χ3n) is 14.7. The summed E-state index contributed by atoms with van der Waals surface area (Å²) in [7, 11) is -8.17. The number of carbonyl (C=O) groups is 2. The van der Waals surface area contributed by atoms with Crippen molar-refractivity contribution in [2.24, 2.45) is 11.8 Å². The van der Waals surface area contributed by atoms with E-state index in [4.69, 9.17) is 9.47 Å². The smallest absolute Gasteiger partial charge is 0.393 e. The summed E-state index contributed by atoms with van der Waals surface area (Å²) in [6.07, 6.45) is -12.2. The molecular weight excluding hydrogens is 975 g/mol. The molecule has 0 spiro atoms. The van der Waals surface area contributed by atoms with E-state index < -0.39 is 142 Å². The number of ether oxygens (including phenoxy) is 2. The van der Waals surface area contributed by atoms with Crippen LogP contribution in [0.2, 0.25) is 0 Å². The molecule has 0 radical (unpaired) electrons. The van der Waals surface area contributed by atoms with Gasteiger partial charge in [0.05, 0.1) is 73.7 Å². The Balaban J connectivity index is 0.945. The van der Waals surface area contributed by atoms with Crippen molar-refractivity contribution in [2.75, 3.05) is 49.8 Å². The van der Waals surface area contributed by atoms with Crippen LogP contribution in [0.3, 0.4) is 0 Å². The van der Waals surface area contributed by atoms with Crippen molar-refractivity contribution in [3.8, 4) is 12.1 Å². The summed E-state index contributed by atoms with van der Waals surface area (Å²) in [5, 5.41) is 31.9. The molecule has 4 saturated carbocycles. The maximum absolute atomic E-state index is 14.6. The number of nitrogens with one attached hydrogen (secondary N) is 2. The topological polar surface area (TPSA) is 220 Å². The second kappa shape index (κ2) is 19.4. The van der Waals surface area contributed by atoms with Crippen LogP contribution in [0.25, 0.3) is 4.85 Å². The third kappa shape index (κ3) is 10.9. The van der Waals surface area contributed by atoms with Crippen molar-refractivity contribution >= 4 is 42.9 Å². The van der Waals surface area contributed by atoms with Crippen molar-refractivity contribution in [3.63, 3.8) is 0 Å².